The number of ether oxygens (including phenoxy) is 2. The predicted molar refractivity (Wildman–Crippen MR) is 140 cm³/mol. The summed E-state index contributed by atoms with van der Waals surface area (Å²) >= 11 is 0. The van der Waals surface area contributed by atoms with Gasteiger partial charge in [-0.15, -0.1) is 0 Å². The highest BCUT2D eigenvalue weighted by atomic mass is 16.6. The van der Waals surface area contributed by atoms with E-state index >= 15 is 0 Å². The van der Waals surface area contributed by atoms with E-state index in [4.69, 9.17) is 18.8 Å². The van der Waals surface area contributed by atoms with Gasteiger partial charge in [0.15, 0.2) is 0 Å². The zero-order valence-electron chi connectivity index (χ0n) is 22.3. The van der Waals surface area contributed by atoms with Crippen LogP contribution >= 0.6 is 0 Å². The Hall–Kier alpha value is -2.51. The van der Waals surface area contributed by atoms with Gasteiger partial charge in [0.25, 0.3) is 0 Å². The van der Waals surface area contributed by atoms with Gasteiger partial charge in [-0.25, -0.2) is 4.79 Å². The molecule has 0 aliphatic carbocycles. The first-order chi connectivity index (χ1) is 16.5. The zero-order valence-corrected chi connectivity index (χ0v) is 22.3. The van der Waals surface area contributed by atoms with Gasteiger partial charge in [0, 0.05) is 24.3 Å². The molecule has 0 radical (unpaired) electrons. The summed E-state index contributed by atoms with van der Waals surface area (Å²) in [5.41, 5.74) is 3.30. The summed E-state index contributed by atoms with van der Waals surface area (Å²) in [7, 11) is -0.497. The number of carbonyl (C=O) groups is 1. The fourth-order valence-electron chi connectivity index (χ4n) is 3.86. The molecule has 2 aromatic rings. The Labute approximate surface area is 211 Å². The second-order valence-corrected chi connectivity index (χ2v) is 10.6. The van der Waals surface area contributed by atoms with Gasteiger partial charge in [0.2, 0.25) is 0 Å². The maximum atomic E-state index is 12.8. The summed E-state index contributed by atoms with van der Waals surface area (Å²) in [6, 6.07) is 14.2. The third kappa shape index (κ3) is 7.74. The van der Waals surface area contributed by atoms with E-state index in [1.54, 1.807) is 4.90 Å². The maximum absolute atomic E-state index is 12.8. The number of hydrogen-bond acceptors (Lipinski definition) is 5. The number of hydrogen-bond donors (Lipinski definition) is 0. The van der Waals surface area contributed by atoms with E-state index in [2.05, 4.69) is 26.8 Å². The third-order valence-electron chi connectivity index (χ3n) is 6.08. The van der Waals surface area contributed by atoms with Crippen LogP contribution in [0.5, 0.6) is 5.75 Å². The van der Waals surface area contributed by atoms with Crippen LogP contribution in [0.1, 0.15) is 71.6 Å². The van der Waals surface area contributed by atoms with Crippen LogP contribution in [0.3, 0.4) is 0 Å². The van der Waals surface area contributed by atoms with Crippen LogP contribution < -0.4 is 10.2 Å². The standard InChI is InChI=1S/C28H40BNO5/c1-8-28(6,7)35-29(33-9-2)23-17-22-15-16-30(26(31)34-27(3,4)5)19-24(22)25(18-23)32-20-21-13-11-10-12-14-21/h10-14,17-18H,8-9,15-16,19-20H2,1-7H3. The lowest BCUT2D eigenvalue weighted by Gasteiger charge is -2.33. The molecule has 0 N–H and O–H groups in total. The van der Waals surface area contributed by atoms with E-state index in [9.17, 15) is 4.79 Å². The molecule has 35 heavy (non-hydrogen) atoms. The minimum absolute atomic E-state index is 0.304. The normalized spacial score (nSPS) is 13.9. The van der Waals surface area contributed by atoms with Gasteiger partial charge < -0.3 is 23.7 Å². The Morgan fingerprint density at radius 3 is 2.40 bits per heavy atom. The van der Waals surface area contributed by atoms with Crippen molar-refractivity contribution in [1.29, 1.82) is 0 Å². The van der Waals surface area contributed by atoms with E-state index in [0.29, 0.717) is 32.7 Å². The van der Waals surface area contributed by atoms with Gasteiger partial charge in [-0.3, -0.25) is 0 Å². The van der Waals surface area contributed by atoms with Crippen molar-refractivity contribution >= 4 is 18.7 Å². The number of amides is 1. The van der Waals surface area contributed by atoms with Crippen molar-refractivity contribution in [3.05, 3.63) is 59.2 Å². The van der Waals surface area contributed by atoms with Crippen LogP contribution in [0.25, 0.3) is 0 Å². The molecule has 0 saturated carbocycles. The third-order valence-corrected chi connectivity index (χ3v) is 6.08. The van der Waals surface area contributed by atoms with Gasteiger partial charge in [0.05, 0.1) is 6.54 Å². The molecule has 3 rings (SSSR count). The summed E-state index contributed by atoms with van der Waals surface area (Å²) in [6.45, 7) is 15.9. The van der Waals surface area contributed by atoms with Crippen LogP contribution in [-0.2, 0) is 33.6 Å². The van der Waals surface area contributed by atoms with Gasteiger partial charge in [-0.05, 0) is 77.0 Å². The minimum Gasteiger partial charge on any atom is -0.489 e. The number of nitrogens with zero attached hydrogens (tertiary/aromatic N) is 1. The molecule has 0 fully saturated rings. The Morgan fingerprint density at radius 1 is 1.06 bits per heavy atom. The number of rotatable bonds is 9. The lowest BCUT2D eigenvalue weighted by Crippen LogP contribution is -2.45. The van der Waals surface area contributed by atoms with Crippen LogP contribution in [0, 0.1) is 0 Å². The lowest BCUT2D eigenvalue weighted by molar-refractivity contribution is 0.0222. The highest BCUT2D eigenvalue weighted by Crippen LogP contribution is 2.30. The molecule has 0 bridgehead atoms. The Balaban J connectivity index is 1.94. The maximum Gasteiger partial charge on any atom is 0.494 e. The Bertz CT molecular complexity index is 987. The topological polar surface area (TPSA) is 57.2 Å². The molecule has 190 valence electrons. The van der Waals surface area contributed by atoms with Crippen LogP contribution in [0.2, 0.25) is 0 Å². The zero-order chi connectivity index (χ0) is 25.6. The second kappa shape index (κ2) is 11.5. The molecule has 0 aromatic heterocycles. The van der Waals surface area contributed by atoms with E-state index < -0.39 is 12.7 Å². The lowest BCUT2D eigenvalue weighted by atomic mass is 9.75. The first kappa shape index (κ1) is 27.1. The molecule has 0 spiro atoms. The summed E-state index contributed by atoms with van der Waals surface area (Å²) in [5.74, 6) is 0.747. The fraction of sp³-hybridized carbons (Fsp3) is 0.536. The average molecular weight is 481 g/mol. The molecule has 2 aromatic carbocycles. The highest BCUT2D eigenvalue weighted by molar-refractivity contribution is 6.61. The van der Waals surface area contributed by atoms with Crippen LogP contribution in [0.15, 0.2) is 42.5 Å². The van der Waals surface area contributed by atoms with Gasteiger partial charge in [0.1, 0.15) is 18.0 Å². The first-order valence-corrected chi connectivity index (χ1v) is 12.6. The molecule has 1 aliphatic heterocycles. The van der Waals surface area contributed by atoms with Crippen molar-refractivity contribution in [3.63, 3.8) is 0 Å². The Morgan fingerprint density at radius 2 is 1.77 bits per heavy atom. The number of benzene rings is 2. The summed E-state index contributed by atoms with van der Waals surface area (Å²) in [6.07, 6.45) is 1.27. The van der Waals surface area contributed by atoms with Gasteiger partial charge >= 0.3 is 13.2 Å². The van der Waals surface area contributed by atoms with Crippen molar-refractivity contribution in [2.24, 2.45) is 0 Å². The first-order valence-electron chi connectivity index (χ1n) is 12.6. The average Bonchev–Trinajstić information content (AvgIpc) is 2.81. The second-order valence-electron chi connectivity index (χ2n) is 10.6. The SMILES string of the molecule is CCOB(OC(C)(C)CC)c1cc2c(c(OCc3ccccc3)c1)CN(C(=O)OC(C)(C)C)CC2. The monoisotopic (exact) mass is 481 g/mol. The fourth-order valence-corrected chi connectivity index (χ4v) is 3.86. The molecular formula is C28H40BNO5. The van der Waals surface area contributed by atoms with Gasteiger partial charge in [-0.2, -0.15) is 0 Å². The molecule has 0 unspecified atom stereocenters. The minimum atomic E-state index is -0.540. The van der Waals surface area contributed by atoms with Crippen LogP contribution in [-0.4, -0.2) is 42.5 Å². The molecule has 0 saturated heterocycles. The summed E-state index contributed by atoms with van der Waals surface area (Å²) < 4.78 is 24.4. The highest BCUT2D eigenvalue weighted by Gasteiger charge is 2.33. The van der Waals surface area contributed by atoms with Crippen LogP contribution in [0.4, 0.5) is 4.79 Å². The summed E-state index contributed by atoms with van der Waals surface area (Å²) in [5, 5.41) is 0. The predicted octanol–water partition coefficient (Wildman–Crippen LogP) is 5.50. The van der Waals surface area contributed by atoms with E-state index in [1.807, 2.05) is 64.1 Å². The quantitative estimate of drug-likeness (QED) is 0.443. The molecule has 1 heterocycles. The number of carbonyl (C=O) groups excluding carboxylic acids is 1. The van der Waals surface area contributed by atoms with Crippen molar-refractivity contribution in [1.82, 2.24) is 4.90 Å². The van der Waals surface area contributed by atoms with E-state index in [1.165, 1.54) is 0 Å². The van der Waals surface area contributed by atoms with E-state index in [0.717, 1.165) is 34.3 Å². The molecule has 6 nitrogen and oxygen atoms in total. The summed E-state index contributed by atoms with van der Waals surface area (Å²) in [4.78, 5) is 14.5. The van der Waals surface area contributed by atoms with Crippen molar-refractivity contribution in [2.45, 2.75) is 85.7 Å². The smallest absolute Gasteiger partial charge is 0.489 e. The van der Waals surface area contributed by atoms with E-state index in [-0.39, 0.29) is 11.7 Å². The number of fused-ring (bicyclic) bond motifs is 1. The van der Waals surface area contributed by atoms with Crippen molar-refractivity contribution < 1.29 is 23.6 Å². The van der Waals surface area contributed by atoms with Crippen molar-refractivity contribution in [2.75, 3.05) is 13.2 Å². The molecule has 0 atom stereocenters. The molecular weight excluding hydrogens is 441 g/mol. The van der Waals surface area contributed by atoms with Crippen molar-refractivity contribution in [3.8, 4) is 5.75 Å². The molecule has 1 amide bonds. The van der Waals surface area contributed by atoms with Gasteiger partial charge in [-0.1, -0.05) is 43.3 Å². The Kier molecular flexibility index (Phi) is 8.89. The molecule has 1 aliphatic rings. The largest absolute Gasteiger partial charge is 0.494 e. The molecule has 7 heteroatoms.